The maximum absolute atomic E-state index is 12.2. The lowest BCUT2D eigenvalue weighted by Gasteiger charge is -2.08. The van der Waals surface area contributed by atoms with E-state index >= 15 is 0 Å². The molecule has 0 aliphatic rings. The summed E-state index contributed by atoms with van der Waals surface area (Å²) in [5.74, 6) is 0.150. The van der Waals surface area contributed by atoms with Gasteiger partial charge in [-0.2, -0.15) is 9.97 Å². The summed E-state index contributed by atoms with van der Waals surface area (Å²) < 4.78 is 0. The smallest absolute Gasteiger partial charge is 0.257 e. The van der Waals surface area contributed by atoms with Crippen molar-refractivity contribution in [3.63, 3.8) is 0 Å². The molecule has 0 amide bonds. The maximum atomic E-state index is 12.2. The van der Waals surface area contributed by atoms with Crippen LogP contribution >= 0.6 is 23.2 Å². The predicted molar refractivity (Wildman–Crippen MR) is 84.4 cm³/mol. The molecule has 0 aliphatic carbocycles. The number of fused-ring (bicyclic) bond motifs is 1. The Morgan fingerprint density at radius 3 is 2.43 bits per heavy atom. The van der Waals surface area contributed by atoms with Crippen LogP contribution in [0.5, 0.6) is 0 Å². The number of nitrogens with two attached hydrogens (primary N) is 2. The molecular weight excluding hydrogens is 313 g/mol. The van der Waals surface area contributed by atoms with Gasteiger partial charge in [-0.15, -0.1) is 0 Å². The number of nitrogens with zero attached hydrogens (tertiary/aromatic N) is 2. The first-order chi connectivity index (χ1) is 9.97. The fraction of sp³-hybridized carbons (Fsp3) is 0. The van der Waals surface area contributed by atoms with E-state index in [1.165, 1.54) is 0 Å². The molecule has 0 radical (unpaired) electrons. The SMILES string of the molecule is Nc1nc(N)c2cc(-c3c(Cl)cccc3Cl)c(=O)[nH]c2n1. The summed E-state index contributed by atoms with van der Waals surface area (Å²) in [7, 11) is 0. The lowest BCUT2D eigenvalue weighted by Crippen LogP contribution is -2.12. The average molecular weight is 322 g/mol. The zero-order valence-electron chi connectivity index (χ0n) is 10.5. The van der Waals surface area contributed by atoms with Crippen LogP contribution in [-0.2, 0) is 0 Å². The Hall–Kier alpha value is -2.31. The van der Waals surface area contributed by atoms with Gasteiger partial charge in [0.1, 0.15) is 11.5 Å². The summed E-state index contributed by atoms with van der Waals surface area (Å²) in [5, 5.41) is 1.19. The third kappa shape index (κ3) is 2.28. The van der Waals surface area contributed by atoms with Crippen LogP contribution < -0.4 is 17.0 Å². The van der Waals surface area contributed by atoms with E-state index in [4.69, 9.17) is 34.7 Å². The number of benzene rings is 1. The number of aromatic nitrogens is 3. The van der Waals surface area contributed by atoms with Gasteiger partial charge in [-0.3, -0.25) is 4.79 Å². The van der Waals surface area contributed by atoms with Gasteiger partial charge >= 0.3 is 0 Å². The van der Waals surface area contributed by atoms with Gasteiger partial charge in [-0.1, -0.05) is 29.3 Å². The van der Waals surface area contributed by atoms with E-state index in [0.29, 0.717) is 21.0 Å². The molecule has 0 bridgehead atoms. The van der Waals surface area contributed by atoms with Crippen LogP contribution in [0.2, 0.25) is 10.0 Å². The molecule has 8 heteroatoms. The molecule has 0 saturated carbocycles. The molecule has 0 atom stereocenters. The normalized spacial score (nSPS) is 11.0. The molecule has 0 spiro atoms. The second kappa shape index (κ2) is 4.91. The van der Waals surface area contributed by atoms with Crippen molar-refractivity contribution >= 4 is 46.0 Å². The number of anilines is 2. The fourth-order valence-corrected chi connectivity index (χ4v) is 2.67. The van der Waals surface area contributed by atoms with E-state index < -0.39 is 5.56 Å². The molecule has 21 heavy (non-hydrogen) atoms. The molecule has 0 saturated heterocycles. The highest BCUT2D eigenvalue weighted by Crippen LogP contribution is 2.33. The lowest BCUT2D eigenvalue weighted by molar-refractivity contribution is 1.18. The van der Waals surface area contributed by atoms with Gasteiger partial charge < -0.3 is 16.5 Å². The summed E-state index contributed by atoms with van der Waals surface area (Å²) in [5.41, 5.74) is 11.9. The number of nitrogen functional groups attached to an aromatic ring is 2. The summed E-state index contributed by atoms with van der Waals surface area (Å²) >= 11 is 12.3. The Labute approximate surface area is 128 Å². The van der Waals surface area contributed by atoms with E-state index in [-0.39, 0.29) is 23.0 Å². The Morgan fingerprint density at radius 1 is 1.10 bits per heavy atom. The second-order valence-corrected chi connectivity index (χ2v) is 5.15. The minimum Gasteiger partial charge on any atom is -0.383 e. The molecule has 106 valence electrons. The topological polar surface area (TPSA) is 111 Å². The van der Waals surface area contributed by atoms with Crippen molar-refractivity contribution in [1.82, 2.24) is 15.0 Å². The van der Waals surface area contributed by atoms with Crippen LogP contribution in [0.1, 0.15) is 0 Å². The zero-order chi connectivity index (χ0) is 15.1. The van der Waals surface area contributed by atoms with Crippen LogP contribution in [0.4, 0.5) is 11.8 Å². The fourth-order valence-electron chi connectivity index (χ4n) is 2.07. The lowest BCUT2D eigenvalue weighted by atomic mass is 10.1. The summed E-state index contributed by atoms with van der Waals surface area (Å²) in [6, 6.07) is 6.54. The van der Waals surface area contributed by atoms with Crippen LogP contribution in [-0.4, -0.2) is 15.0 Å². The molecule has 0 fully saturated rings. The highest BCUT2D eigenvalue weighted by molar-refractivity contribution is 6.39. The van der Waals surface area contributed by atoms with E-state index in [9.17, 15) is 4.79 Å². The number of nitrogens with one attached hydrogen (secondary N) is 1. The van der Waals surface area contributed by atoms with E-state index in [1.807, 2.05) is 0 Å². The maximum Gasteiger partial charge on any atom is 0.257 e. The highest BCUT2D eigenvalue weighted by atomic mass is 35.5. The minimum atomic E-state index is -0.394. The third-order valence-corrected chi connectivity index (χ3v) is 3.62. The molecule has 1 aromatic carbocycles. The van der Waals surface area contributed by atoms with E-state index in [1.54, 1.807) is 24.3 Å². The Balaban J connectivity index is 2.39. The van der Waals surface area contributed by atoms with Gasteiger partial charge in [0.15, 0.2) is 0 Å². The summed E-state index contributed by atoms with van der Waals surface area (Å²) in [6.07, 6.45) is 0. The predicted octanol–water partition coefficient (Wildman–Crippen LogP) is 2.46. The van der Waals surface area contributed by atoms with Gasteiger partial charge in [0.2, 0.25) is 5.95 Å². The molecular formula is C13H9Cl2N5O. The first kappa shape index (κ1) is 13.7. The molecule has 5 N–H and O–H groups in total. The minimum absolute atomic E-state index is 0.0147. The van der Waals surface area contributed by atoms with Crippen molar-refractivity contribution in [3.05, 3.63) is 44.7 Å². The summed E-state index contributed by atoms with van der Waals surface area (Å²) in [4.78, 5) is 22.7. The number of halogens is 2. The van der Waals surface area contributed by atoms with Gasteiger partial charge in [0.25, 0.3) is 5.56 Å². The average Bonchev–Trinajstić information content (AvgIpc) is 2.39. The van der Waals surface area contributed by atoms with Crippen molar-refractivity contribution in [3.8, 4) is 11.1 Å². The number of aromatic amines is 1. The van der Waals surface area contributed by atoms with Crippen LogP contribution in [0.3, 0.4) is 0 Å². The van der Waals surface area contributed by atoms with Crippen LogP contribution in [0.25, 0.3) is 22.2 Å². The van der Waals surface area contributed by atoms with Crippen molar-refractivity contribution in [2.75, 3.05) is 11.5 Å². The Morgan fingerprint density at radius 2 is 1.76 bits per heavy atom. The molecule has 6 nitrogen and oxygen atoms in total. The Bertz CT molecular complexity index is 902. The van der Waals surface area contributed by atoms with Crippen molar-refractivity contribution in [1.29, 1.82) is 0 Å². The first-order valence-corrected chi connectivity index (χ1v) is 6.63. The molecule has 3 rings (SSSR count). The molecule has 2 aromatic heterocycles. The molecule has 3 aromatic rings. The summed E-state index contributed by atoms with van der Waals surface area (Å²) in [6.45, 7) is 0. The quantitative estimate of drug-likeness (QED) is 0.637. The van der Waals surface area contributed by atoms with Gasteiger partial charge in [-0.05, 0) is 18.2 Å². The largest absolute Gasteiger partial charge is 0.383 e. The van der Waals surface area contributed by atoms with Crippen molar-refractivity contribution < 1.29 is 0 Å². The van der Waals surface area contributed by atoms with Gasteiger partial charge in [-0.25, -0.2) is 0 Å². The highest BCUT2D eigenvalue weighted by Gasteiger charge is 2.15. The number of hydrogen-bond donors (Lipinski definition) is 3. The second-order valence-electron chi connectivity index (χ2n) is 4.34. The van der Waals surface area contributed by atoms with Gasteiger partial charge in [0.05, 0.1) is 21.0 Å². The zero-order valence-corrected chi connectivity index (χ0v) is 12.0. The monoisotopic (exact) mass is 321 g/mol. The standard InChI is InChI=1S/C13H9Cl2N5O/c14-7-2-1-3-8(15)9(7)5-4-6-10(16)18-13(17)20-11(6)19-12(5)21/h1-4H,(H5,16,17,18,19,20,21). The number of H-pyrrole nitrogens is 1. The molecule has 2 heterocycles. The number of rotatable bonds is 1. The Kier molecular flexibility index (Phi) is 3.19. The third-order valence-electron chi connectivity index (χ3n) is 2.99. The van der Waals surface area contributed by atoms with Crippen molar-refractivity contribution in [2.24, 2.45) is 0 Å². The van der Waals surface area contributed by atoms with Crippen molar-refractivity contribution in [2.45, 2.75) is 0 Å². The van der Waals surface area contributed by atoms with E-state index in [2.05, 4.69) is 15.0 Å². The molecule has 0 unspecified atom stereocenters. The van der Waals surface area contributed by atoms with Crippen LogP contribution in [0, 0.1) is 0 Å². The van der Waals surface area contributed by atoms with E-state index in [0.717, 1.165) is 0 Å². The number of hydrogen-bond acceptors (Lipinski definition) is 5. The first-order valence-electron chi connectivity index (χ1n) is 5.88. The van der Waals surface area contributed by atoms with Crippen LogP contribution in [0.15, 0.2) is 29.1 Å². The number of pyridine rings is 1. The van der Waals surface area contributed by atoms with Gasteiger partial charge in [0, 0.05) is 5.56 Å². The molecule has 0 aliphatic heterocycles.